The van der Waals surface area contributed by atoms with E-state index in [1.807, 2.05) is 33.4 Å². The lowest BCUT2D eigenvalue weighted by molar-refractivity contribution is 0.138. The van der Waals surface area contributed by atoms with Gasteiger partial charge in [-0.25, -0.2) is 4.98 Å². The molecular weight excluding hydrogens is 178 g/mol. The van der Waals surface area contributed by atoms with E-state index < -0.39 is 0 Å². The van der Waals surface area contributed by atoms with E-state index >= 15 is 0 Å². The second kappa shape index (κ2) is 5.78. The average Bonchev–Trinajstić information content (AvgIpc) is 2.52. The summed E-state index contributed by atoms with van der Waals surface area (Å²) in [7, 11) is 4.09. The van der Waals surface area contributed by atoms with Crippen molar-refractivity contribution in [2.45, 2.75) is 20.0 Å². The fourth-order valence-electron chi connectivity index (χ4n) is 1.29. The van der Waals surface area contributed by atoms with Gasteiger partial charge in [-0.2, -0.15) is 0 Å². The van der Waals surface area contributed by atoms with Crippen LogP contribution in [0, 0.1) is 0 Å². The van der Waals surface area contributed by atoms with Crippen LogP contribution in [0.25, 0.3) is 0 Å². The Bertz CT molecular complexity index is 258. The zero-order chi connectivity index (χ0) is 10.4. The zero-order valence-electron chi connectivity index (χ0n) is 9.23. The van der Waals surface area contributed by atoms with Crippen molar-refractivity contribution in [1.82, 2.24) is 14.5 Å². The molecule has 1 aromatic rings. The SMILES string of the molecule is CCOCCn1ccnc1CN(C)C. The van der Waals surface area contributed by atoms with Gasteiger partial charge in [-0.3, -0.25) is 0 Å². The van der Waals surface area contributed by atoms with Crippen LogP contribution in [0.5, 0.6) is 0 Å². The number of ether oxygens (including phenoxy) is 1. The Labute approximate surface area is 85.5 Å². The Balaban J connectivity index is 2.45. The van der Waals surface area contributed by atoms with E-state index in [-0.39, 0.29) is 0 Å². The number of hydrogen-bond acceptors (Lipinski definition) is 3. The van der Waals surface area contributed by atoms with Gasteiger partial charge in [0.05, 0.1) is 13.2 Å². The largest absolute Gasteiger partial charge is 0.380 e. The van der Waals surface area contributed by atoms with Gasteiger partial charge >= 0.3 is 0 Å². The maximum Gasteiger partial charge on any atom is 0.122 e. The van der Waals surface area contributed by atoms with E-state index in [1.54, 1.807) is 0 Å². The third-order valence-electron chi connectivity index (χ3n) is 1.94. The Morgan fingerprint density at radius 2 is 2.29 bits per heavy atom. The van der Waals surface area contributed by atoms with Crippen LogP contribution in [0.15, 0.2) is 12.4 Å². The predicted octanol–water partition coefficient (Wildman–Crippen LogP) is 0.981. The number of nitrogens with zero attached hydrogens (tertiary/aromatic N) is 3. The molecule has 4 heteroatoms. The number of aromatic nitrogens is 2. The summed E-state index contributed by atoms with van der Waals surface area (Å²) in [5.41, 5.74) is 0. The Morgan fingerprint density at radius 3 is 2.93 bits per heavy atom. The van der Waals surface area contributed by atoms with E-state index in [9.17, 15) is 0 Å². The van der Waals surface area contributed by atoms with E-state index in [4.69, 9.17) is 4.74 Å². The Morgan fingerprint density at radius 1 is 1.50 bits per heavy atom. The quantitative estimate of drug-likeness (QED) is 0.637. The molecule has 0 bridgehead atoms. The second-order valence-corrected chi connectivity index (χ2v) is 3.47. The molecule has 0 radical (unpaired) electrons. The second-order valence-electron chi connectivity index (χ2n) is 3.47. The topological polar surface area (TPSA) is 30.3 Å². The van der Waals surface area contributed by atoms with Crippen LogP contribution in [-0.2, 0) is 17.8 Å². The van der Waals surface area contributed by atoms with Crippen molar-refractivity contribution in [2.75, 3.05) is 27.3 Å². The highest BCUT2D eigenvalue weighted by Gasteiger charge is 2.02. The molecule has 1 rings (SSSR count). The van der Waals surface area contributed by atoms with Gasteiger partial charge in [0.25, 0.3) is 0 Å². The molecule has 0 fully saturated rings. The van der Waals surface area contributed by atoms with Crippen molar-refractivity contribution in [1.29, 1.82) is 0 Å². The molecule has 14 heavy (non-hydrogen) atoms. The molecule has 1 heterocycles. The first-order valence-electron chi connectivity index (χ1n) is 4.96. The molecule has 4 nitrogen and oxygen atoms in total. The van der Waals surface area contributed by atoms with Gasteiger partial charge in [0, 0.05) is 25.5 Å². The minimum atomic E-state index is 0.757. The Hall–Kier alpha value is -0.870. The number of rotatable bonds is 6. The minimum absolute atomic E-state index is 0.757. The maximum absolute atomic E-state index is 5.30. The monoisotopic (exact) mass is 197 g/mol. The van der Waals surface area contributed by atoms with Gasteiger partial charge in [-0.15, -0.1) is 0 Å². The van der Waals surface area contributed by atoms with Gasteiger partial charge in [0.2, 0.25) is 0 Å². The van der Waals surface area contributed by atoms with E-state index in [0.29, 0.717) is 0 Å². The van der Waals surface area contributed by atoms with Crippen LogP contribution in [0.4, 0.5) is 0 Å². The van der Waals surface area contributed by atoms with E-state index in [1.165, 1.54) is 0 Å². The lowest BCUT2D eigenvalue weighted by Gasteiger charge is -2.11. The molecule has 0 aliphatic heterocycles. The normalized spacial score (nSPS) is 11.1. The maximum atomic E-state index is 5.30. The molecule has 0 unspecified atom stereocenters. The van der Waals surface area contributed by atoms with Crippen molar-refractivity contribution >= 4 is 0 Å². The number of imidazole rings is 1. The molecule has 80 valence electrons. The molecule has 1 aromatic heterocycles. The molecule has 0 aliphatic carbocycles. The van der Waals surface area contributed by atoms with Crippen molar-refractivity contribution in [3.05, 3.63) is 18.2 Å². The van der Waals surface area contributed by atoms with E-state index in [0.717, 1.165) is 32.1 Å². The first-order valence-corrected chi connectivity index (χ1v) is 4.96. The van der Waals surface area contributed by atoms with Gasteiger partial charge in [0.1, 0.15) is 5.82 Å². The fourth-order valence-corrected chi connectivity index (χ4v) is 1.29. The fraction of sp³-hybridized carbons (Fsp3) is 0.700. The third-order valence-corrected chi connectivity index (χ3v) is 1.94. The first kappa shape index (κ1) is 11.2. The smallest absolute Gasteiger partial charge is 0.122 e. The highest BCUT2D eigenvalue weighted by molar-refractivity contribution is 4.91. The summed E-state index contributed by atoms with van der Waals surface area (Å²) < 4.78 is 7.44. The van der Waals surface area contributed by atoms with Crippen LogP contribution in [0.3, 0.4) is 0 Å². The molecule has 0 aromatic carbocycles. The molecule has 0 N–H and O–H groups in total. The van der Waals surface area contributed by atoms with Gasteiger partial charge in [-0.05, 0) is 21.0 Å². The van der Waals surface area contributed by atoms with Crippen molar-refractivity contribution in [2.24, 2.45) is 0 Å². The predicted molar refractivity (Wildman–Crippen MR) is 56.1 cm³/mol. The average molecular weight is 197 g/mol. The molecule has 0 aliphatic rings. The summed E-state index contributed by atoms with van der Waals surface area (Å²) in [6.45, 7) is 5.30. The van der Waals surface area contributed by atoms with Crippen LogP contribution in [0.1, 0.15) is 12.7 Å². The van der Waals surface area contributed by atoms with Crippen LogP contribution in [0.2, 0.25) is 0 Å². The lowest BCUT2D eigenvalue weighted by atomic mass is 10.5. The van der Waals surface area contributed by atoms with Gasteiger partial charge in [-0.1, -0.05) is 0 Å². The van der Waals surface area contributed by atoms with Crippen LogP contribution >= 0.6 is 0 Å². The van der Waals surface area contributed by atoms with Crippen molar-refractivity contribution in [3.63, 3.8) is 0 Å². The molecule has 0 atom stereocenters. The highest BCUT2D eigenvalue weighted by atomic mass is 16.5. The van der Waals surface area contributed by atoms with Crippen molar-refractivity contribution < 1.29 is 4.74 Å². The summed E-state index contributed by atoms with van der Waals surface area (Å²) >= 11 is 0. The molecular formula is C10H19N3O. The third kappa shape index (κ3) is 3.47. The van der Waals surface area contributed by atoms with E-state index in [2.05, 4.69) is 14.5 Å². The summed E-state index contributed by atoms with van der Waals surface area (Å²) in [4.78, 5) is 6.41. The standard InChI is InChI=1S/C10H19N3O/c1-4-14-8-7-13-6-5-11-10(13)9-12(2)3/h5-6H,4,7-9H2,1-3H3. The molecule has 0 amide bonds. The highest BCUT2D eigenvalue weighted by Crippen LogP contribution is 2.00. The van der Waals surface area contributed by atoms with Gasteiger partial charge in [0.15, 0.2) is 0 Å². The van der Waals surface area contributed by atoms with Crippen LogP contribution in [-0.4, -0.2) is 41.8 Å². The minimum Gasteiger partial charge on any atom is -0.380 e. The van der Waals surface area contributed by atoms with Crippen LogP contribution < -0.4 is 0 Å². The number of hydrogen-bond donors (Lipinski definition) is 0. The lowest BCUT2D eigenvalue weighted by Crippen LogP contribution is -2.16. The molecule has 0 saturated carbocycles. The first-order chi connectivity index (χ1) is 6.74. The molecule has 0 saturated heterocycles. The summed E-state index contributed by atoms with van der Waals surface area (Å²) in [5.74, 6) is 1.09. The molecule has 0 spiro atoms. The van der Waals surface area contributed by atoms with Crippen molar-refractivity contribution in [3.8, 4) is 0 Å². The Kier molecular flexibility index (Phi) is 4.62. The van der Waals surface area contributed by atoms with Gasteiger partial charge < -0.3 is 14.2 Å². The summed E-state index contributed by atoms with van der Waals surface area (Å²) in [6, 6.07) is 0. The summed E-state index contributed by atoms with van der Waals surface area (Å²) in [6.07, 6.45) is 3.84. The zero-order valence-corrected chi connectivity index (χ0v) is 9.23. The summed E-state index contributed by atoms with van der Waals surface area (Å²) in [5, 5.41) is 0.